The molecule has 2 aromatic carbocycles. The van der Waals surface area contributed by atoms with Crippen LogP contribution in [0.3, 0.4) is 0 Å². The molecule has 0 saturated carbocycles. The third-order valence-electron chi connectivity index (χ3n) is 4.45. The SMILES string of the molecule is O=c1c2c(cc3c(O)n(-c4ccccc4)c(=S)n13)-c1ccccc1N=2. The normalized spacial score (nSPS) is 12.0. The highest BCUT2D eigenvalue weighted by atomic mass is 32.1. The second kappa shape index (κ2) is 4.87. The van der Waals surface area contributed by atoms with Gasteiger partial charge in [0.15, 0.2) is 4.77 Å². The number of aromatic nitrogens is 2. The Morgan fingerprint density at radius 3 is 2.48 bits per heavy atom. The number of rotatable bonds is 1. The van der Waals surface area contributed by atoms with Crippen LogP contribution in [-0.4, -0.2) is 14.1 Å². The van der Waals surface area contributed by atoms with E-state index in [1.54, 1.807) is 6.07 Å². The first kappa shape index (κ1) is 14.1. The van der Waals surface area contributed by atoms with Crippen LogP contribution in [0.5, 0.6) is 5.88 Å². The van der Waals surface area contributed by atoms with E-state index < -0.39 is 0 Å². The highest BCUT2D eigenvalue weighted by Gasteiger charge is 2.22. The molecule has 5 nitrogen and oxygen atoms in total. The summed E-state index contributed by atoms with van der Waals surface area (Å²) in [6.45, 7) is 0. The van der Waals surface area contributed by atoms with Crippen molar-refractivity contribution in [2.75, 3.05) is 0 Å². The van der Waals surface area contributed by atoms with Gasteiger partial charge < -0.3 is 5.11 Å². The third-order valence-corrected chi connectivity index (χ3v) is 4.81. The van der Waals surface area contributed by atoms with E-state index in [4.69, 9.17) is 12.2 Å². The zero-order chi connectivity index (χ0) is 17.1. The summed E-state index contributed by atoms with van der Waals surface area (Å²) < 4.78 is 3.05. The number of nitrogens with zero attached hydrogens (tertiary/aromatic N) is 3. The Balaban J connectivity index is 1.94. The van der Waals surface area contributed by atoms with Crippen molar-refractivity contribution in [2.45, 2.75) is 0 Å². The van der Waals surface area contributed by atoms with Gasteiger partial charge in [0.1, 0.15) is 10.9 Å². The van der Waals surface area contributed by atoms with Crippen molar-refractivity contribution in [2.24, 2.45) is 4.99 Å². The van der Waals surface area contributed by atoms with Gasteiger partial charge in [-0.2, -0.15) is 0 Å². The van der Waals surface area contributed by atoms with E-state index in [1.807, 2.05) is 54.6 Å². The van der Waals surface area contributed by atoms with Crippen LogP contribution in [0.1, 0.15) is 0 Å². The largest absolute Gasteiger partial charge is 0.493 e. The summed E-state index contributed by atoms with van der Waals surface area (Å²) in [4.78, 5) is 17.4. The molecule has 120 valence electrons. The Morgan fingerprint density at radius 1 is 0.960 bits per heavy atom. The number of hydrogen-bond donors (Lipinski definition) is 1. The topological polar surface area (TPSA) is 59.0 Å². The number of para-hydroxylation sites is 2. The van der Waals surface area contributed by atoms with E-state index in [0.717, 1.165) is 16.8 Å². The van der Waals surface area contributed by atoms with Gasteiger partial charge in [0, 0.05) is 11.1 Å². The fourth-order valence-electron chi connectivity index (χ4n) is 3.30. The highest BCUT2D eigenvalue weighted by molar-refractivity contribution is 7.71. The number of fused-ring (bicyclic) bond motifs is 4. The van der Waals surface area contributed by atoms with E-state index in [1.165, 1.54) is 8.97 Å². The second-order valence-electron chi connectivity index (χ2n) is 5.84. The molecule has 0 aliphatic carbocycles. The molecule has 0 amide bonds. The average Bonchev–Trinajstić information content (AvgIpc) is 3.13. The van der Waals surface area contributed by atoms with Gasteiger partial charge in [0.05, 0.1) is 11.4 Å². The van der Waals surface area contributed by atoms with Crippen molar-refractivity contribution in [3.05, 3.63) is 81.1 Å². The Kier molecular flexibility index (Phi) is 2.75. The van der Waals surface area contributed by atoms with E-state index in [-0.39, 0.29) is 16.2 Å². The van der Waals surface area contributed by atoms with Crippen LogP contribution in [-0.2, 0) is 0 Å². The molecule has 0 radical (unpaired) electrons. The third kappa shape index (κ3) is 1.79. The quantitative estimate of drug-likeness (QED) is 0.475. The zero-order valence-electron chi connectivity index (χ0n) is 12.9. The van der Waals surface area contributed by atoms with Gasteiger partial charge in [0.2, 0.25) is 5.88 Å². The molecule has 0 atom stereocenters. The van der Waals surface area contributed by atoms with E-state index in [0.29, 0.717) is 16.6 Å². The van der Waals surface area contributed by atoms with Gasteiger partial charge in [0.25, 0.3) is 5.56 Å². The fourth-order valence-corrected chi connectivity index (χ4v) is 3.68. The standard InChI is InChI=1S/C19H11N3O2S/c23-17-15-10-13-12-8-4-5-9-14(12)20-16(13)18(24)22(15)19(25)21(17)11-6-2-1-3-7-11/h1-10,23H. The summed E-state index contributed by atoms with van der Waals surface area (Å²) in [6.07, 6.45) is 0. The minimum absolute atomic E-state index is 0.0551. The number of hydrogen-bond acceptors (Lipinski definition) is 4. The molecule has 25 heavy (non-hydrogen) atoms. The van der Waals surface area contributed by atoms with Crippen molar-refractivity contribution >= 4 is 23.4 Å². The maximum Gasteiger partial charge on any atom is 0.284 e. The number of benzene rings is 2. The van der Waals surface area contributed by atoms with Crippen LogP contribution in [0.2, 0.25) is 0 Å². The van der Waals surface area contributed by atoms with Crippen molar-refractivity contribution in [1.29, 1.82) is 0 Å². The molecular formula is C19H11N3O2S. The molecule has 1 aliphatic rings. The fraction of sp³-hybridized carbons (Fsp3) is 0. The molecular weight excluding hydrogens is 334 g/mol. The Labute approximate surface area is 146 Å². The van der Waals surface area contributed by atoms with Gasteiger partial charge >= 0.3 is 0 Å². The van der Waals surface area contributed by atoms with Crippen LogP contribution in [0.25, 0.3) is 22.3 Å². The van der Waals surface area contributed by atoms with Crippen LogP contribution >= 0.6 is 12.2 Å². The van der Waals surface area contributed by atoms with Crippen LogP contribution in [0, 0.1) is 4.77 Å². The number of pyridine rings is 1. The van der Waals surface area contributed by atoms with Gasteiger partial charge in [-0.05, 0) is 36.5 Å². The Hall–Kier alpha value is -3.25. The minimum Gasteiger partial charge on any atom is -0.493 e. The molecule has 0 saturated heterocycles. The lowest BCUT2D eigenvalue weighted by atomic mass is 10.1. The van der Waals surface area contributed by atoms with E-state index in [9.17, 15) is 9.90 Å². The van der Waals surface area contributed by atoms with E-state index >= 15 is 0 Å². The molecule has 1 aliphatic heterocycles. The molecule has 5 rings (SSSR count). The van der Waals surface area contributed by atoms with Gasteiger partial charge in [-0.1, -0.05) is 36.4 Å². The average molecular weight is 345 g/mol. The molecule has 0 fully saturated rings. The summed E-state index contributed by atoms with van der Waals surface area (Å²) in [5.74, 6) is -0.0551. The Morgan fingerprint density at radius 2 is 1.68 bits per heavy atom. The second-order valence-corrected chi connectivity index (χ2v) is 6.20. The molecule has 0 bridgehead atoms. The van der Waals surface area contributed by atoms with Crippen molar-refractivity contribution in [1.82, 2.24) is 8.97 Å². The molecule has 1 N–H and O–H groups in total. The molecule has 0 unspecified atom stereocenters. The van der Waals surface area contributed by atoms with Crippen LogP contribution in [0.15, 0.2) is 70.5 Å². The lowest BCUT2D eigenvalue weighted by Crippen LogP contribution is -2.31. The maximum atomic E-state index is 13.0. The monoisotopic (exact) mass is 345 g/mol. The number of imidazole rings is 1. The maximum absolute atomic E-state index is 13.0. The summed E-state index contributed by atoms with van der Waals surface area (Å²) in [7, 11) is 0. The summed E-state index contributed by atoms with van der Waals surface area (Å²) in [6, 6.07) is 18.6. The zero-order valence-corrected chi connectivity index (χ0v) is 13.7. The van der Waals surface area contributed by atoms with Gasteiger partial charge in [-0.15, -0.1) is 0 Å². The predicted molar refractivity (Wildman–Crippen MR) is 97.3 cm³/mol. The molecule has 6 heteroatoms. The molecule has 2 aromatic heterocycles. The van der Waals surface area contributed by atoms with E-state index in [2.05, 4.69) is 4.99 Å². The smallest absolute Gasteiger partial charge is 0.284 e. The van der Waals surface area contributed by atoms with Crippen molar-refractivity contribution in [3.8, 4) is 22.7 Å². The first-order chi connectivity index (χ1) is 12.2. The molecule has 4 aromatic rings. The van der Waals surface area contributed by atoms with Gasteiger partial charge in [-0.3, -0.25) is 9.36 Å². The molecule has 3 heterocycles. The lowest BCUT2D eigenvalue weighted by Gasteiger charge is -2.02. The first-order valence-electron chi connectivity index (χ1n) is 7.74. The van der Waals surface area contributed by atoms with Crippen LogP contribution < -0.4 is 10.9 Å². The summed E-state index contributed by atoms with van der Waals surface area (Å²) in [5, 5.41) is 11.1. The predicted octanol–water partition coefficient (Wildman–Crippen LogP) is 3.18. The lowest BCUT2D eigenvalue weighted by molar-refractivity contribution is 0.447. The van der Waals surface area contributed by atoms with Crippen molar-refractivity contribution in [3.63, 3.8) is 0 Å². The Bertz CT molecular complexity index is 1340. The number of aromatic hydroxyl groups is 1. The van der Waals surface area contributed by atoms with Crippen molar-refractivity contribution < 1.29 is 5.11 Å². The first-order valence-corrected chi connectivity index (χ1v) is 8.14. The highest BCUT2D eigenvalue weighted by Crippen LogP contribution is 2.34. The summed E-state index contributed by atoms with van der Waals surface area (Å²) >= 11 is 5.47. The summed E-state index contributed by atoms with van der Waals surface area (Å²) in [5.41, 5.74) is 3.11. The van der Waals surface area contributed by atoms with Gasteiger partial charge in [-0.25, -0.2) is 9.39 Å². The minimum atomic E-state index is -0.321. The molecule has 0 spiro atoms. The van der Waals surface area contributed by atoms with Crippen LogP contribution in [0.4, 0.5) is 5.69 Å².